The minimum atomic E-state index is 0.174. The molecule has 1 heterocycles. The summed E-state index contributed by atoms with van der Waals surface area (Å²) in [7, 11) is 0. The quantitative estimate of drug-likeness (QED) is 0.415. The second kappa shape index (κ2) is 3.56. The molecule has 58 valence electrons. The van der Waals surface area contributed by atoms with Gasteiger partial charge in [-0.2, -0.15) is 0 Å². The van der Waals surface area contributed by atoms with Crippen LogP contribution >= 0.6 is 23.6 Å². The predicted octanol–water partition coefficient (Wildman–Crippen LogP) is 1.21. The van der Waals surface area contributed by atoms with E-state index in [1.807, 2.05) is 5.48 Å². The Morgan fingerprint density at radius 3 is 3.09 bits per heavy atom. The summed E-state index contributed by atoms with van der Waals surface area (Å²) in [6.45, 7) is 0. The standard InChI is InChI=1S/C6H5NO2S2/c8-3-5-4(1-2-11-5)6(10)7-9/h1-3,9H,(H,7,10). The van der Waals surface area contributed by atoms with Crippen molar-refractivity contribution >= 4 is 34.8 Å². The normalized spacial score (nSPS) is 9.18. The van der Waals surface area contributed by atoms with Gasteiger partial charge in [0.15, 0.2) is 6.29 Å². The largest absolute Gasteiger partial charge is 0.297 e. The molecular weight excluding hydrogens is 182 g/mol. The van der Waals surface area contributed by atoms with Gasteiger partial charge in [-0.3, -0.25) is 15.5 Å². The number of nitrogens with one attached hydrogen (secondary N) is 1. The highest BCUT2D eigenvalue weighted by Crippen LogP contribution is 2.14. The minimum Gasteiger partial charge on any atom is -0.297 e. The zero-order valence-corrected chi connectivity index (χ0v) is 7.04. The number of thiocarbonyl (C=S) groups is 1. The topological polar surface area (TPSA) is 49.3 Å². The number of hydroxylamine groups is 1. The van der Waals surface area contributed by atoms with Crippen LogP contribution in [-0.2, 0) is 0 Å². The first-order valence-electron chi connectivity index (χ1n) is 2.76. The van der Waals surface area contributed by atoms with E-state index in [1.165, 1.54) is 11.3 Å². The molecule has 0 amide bonds. The SMILES string of the molecule is O=Cc1sccc1C(=S)NO. The van der Waals surface area contributed by atoms with E-state index in [1.54, 1.807) is 11.4 Å². The van der Waals surface area contributed by atoms with Gasteiger partial charge in [0.05, 0.1) is 4.88 Å². The molecule has 5 heteroatoms. The molecule has 0 spiro atoms. The van der Waals surface area contributed by atoms with Crippen molar-refractivity contribution in [3.05, 3.63) is 21.9 Å². The lowest BCUT2D eigenvalue weighted by atomic mass is 10.3. The molecule has 0 radical (unpaired) electrons. The Labute approximate surface area is 72.6 Å². The van der Waals surface area contributed by atoms with Crippen LogP contribution in [0.2, 0.25) is 0 Å². The summed E-state index contributed by atoms with van der Waals surface area (Å²) in [5, 5.41) is 10.2. The lowest BCUT2D eigenvalue weighted by molar-refractivity contribution is 0.112. The first-order valence-corrected chi connectivity index (χ1v) is 4.05. The fraction of sp³-hybridized carbons (Fsp3) is 0. The van der Waals surface area contributed by atoms with Crippen molar-refractivity contribution in [2.45, 2.75) is 0 Å². The first-order chi connectivity index (χ1) is 5.29. The van der Waals surface area contributed by atoms with E-state index in [2.05, 4.69) is 0 Å². The summed E-state index contributed by atoms with van der Waals surface area (Å²) >= 11 is 6.00. The fourth-order valence-corrected chi connectivity index (χ4v) is 1.61. The summed E-state index contributed by atoms with van der Waals surface area (Å²) in [4.78, 5) is 11.0. The van der Waals surface area contributed by atoms with Crippen LogP contribution in [0, 0.1) is 0 Å². The average Bonchev–Trinajstić information content (AvgIpc) is 2.50. The molecule has 1 aromatic rings. The van der Waals surface area contributed by atoms with Crippen molar-refractivity contribution in [1.82, 2.24) is 5.48 Å². The van der Waals surface area contributed by atoms with Gasteiger partial charge < -0.3 is 0 Å². The summed E-state index contributed by atoms with van der Waals surface area (Å²) in [5.41, 5.74) is 2.39. The Bertz CT molecular complexity index is 282. The van der Waals surface area contributed by atoms with Crippen molar-refractivity contribution in [1.29, 1.82) is 0 Å². The third-order valence-corrected chi connectivity index (χ3v) is 2.30. The van der Waals surface area contributed by atoms with Gasteiger partial charge >= 0.3 is 0 Å². The van der Waals surface area contributed by atoms with E-state index in [0.29, 0.717) is 16.7 Å². The van der Waals surface area contributed by atoms with E-state index in [9.17, 15) is 4.79 Å². The van der Waals surface area contributed by atoms with Crippen LogP contribution in [0.15, 0.2) is 11.4 Å². The van der Waals surface area contributed by atoms with Gasteiger partial charge in [-0.1, -0.05) is 12.2 Å². The maximum absolute atomic E-state index is 10.4. The summed E-state index contributed by atoms with van der Waals surface area (Å²) < 4.78 is 0. The zero-order chi connectivity index (χ0) is 8.27. The second-order valence-corrected chi connectivity index (χ2v) is 3.11. The van der Waals surface area contributed by atoms with Gasteiger partial charge in [0, 0.05) is 5.56 Å². The Balaban J connectivity index is 3.01. The summed E-state index contributed by atoms with van der Waals surface area (Å²) in [6.07, 6.45) is 0.712. The fourth-order valence-electron chi connectivity index (χ4n) is 0.660. The number of rotatable bonds is 2. The third kappa shape index (κ3) is 1.62. The van der Waals surface area contributed by atoms with E-state index >= 15 is 0 Å². The molecule has 1 rings (SSSR count). The third-order valence-electron chi connectivity index (χ3n) is 1.15. The molecule has 0 saturated heterocycles. The molecule has 11 heavy (non-hydrogen) atoms. The number of hydrogen-bond acceptors (Lipinski definition) is 4. The van der Waals surface area contributed by atoms with Crippen molar-refractivity contribution in [3.8, 4) is 0 Å². The lowest BCUT2D eigenvalue weighted by Crippen LogP contribution is -2.17. The van der Waals surface area contributed by atoms with Crippen molar-refractivity contribution < 1.29 is 10.0 Å². The highest BCUT2D eigenvalue weighted by Gasteiger charge is 2.06. The molecule has 0 fully saturated rings. The molecule has 0 aliphatic carbocycles. The van der Waals surface area contributed by atoms with Crippen LogP contribution in [0.3, 0.4) is 0 Å². The molecule has 0 aliphatic heterocycles. The molecule has 0 saturated carbocycles. The van der Waals surface area contributed by atoms with Crippen LogP contribution < -0.4 is 5.48 Å². The highest BCUT2D eigenvalue weighted by molar-refractivity contribution is 7.80. The molecular formula is C6H5NO2S2. The van der Waals surface area contributed by atoms with Crippen molar-refractivity contribution in [3.63, 3.8) is 0 Å². The average molecular weight is 187 g/mol. The highest BCUT2D eigenvalue weighted by atomic mass is 32.1. The zero-order valence-electron chi connectivity index (χ0n) is 5.40. The smallest absolute Gasteiger partial charge is 0.160 e. The molecule has 3 nitrogen and oxygen atoms in total. The Hall–Kier alpha value is -0.780. The maximum atomic E-state index is 10.4. The lowest BCUT2D eigenvalue weighted by Gasteiger charge is -1.97. The summed E-state index contributed by atoms with van der Waals surface area (Å²) in [5.74, 6) is 0. The van der Waals surface area contributed by atoms with Crippen molar-refractivity contribution in [2.75, 3.05) is 0 Å². The number of thiophene rings is 1. The van der Waals surface area contributed by atoms with Gasteiger partial charge in [0.25, 0.3) is 0 Å². The molecule has 2 N–H and O–H groups in total. The first kappa shape index (κ1) is 8.32. The van der Waals surface area contributed by atoms with E-state index < -0.39 is 0 Å². The van der Waals surface area contributed by atoms with Gasteiger partial charge in [-0.25, -0.2) is 0 Å². The van der Waals surface area contributed by atoms with E-state index in [4.69, 9.17) is 17.4 Å². The number of carbonyl (C=O) groups excluding carboxylic acids is 1. The molecule has 0 bridgehead atoms. The van der Waals surface area contributed by atoms with Crippen LogP contribution in [0.4, 0.5) is 0 Å². The van der Waals surface area contributed by atoms with E-state index in [0.717, 1.165) is 0 Å². The second-order valence-electron chi connectivity index (χ2n) is 1.76. The minimum absolute atomic E-state index is 0.174. The van der Waals surface area contributed by atoms with Crippen LogP contribution in [0.5, 0.6) is 0 Å². The molecule has 0 aliphatic rings. The predicted molar refractivity (Wildman–Crippen MR) is 46.3 cm³/mol. The Kier molecular flexibility index (Phi) is 2.70. The van der Waals surface area contributed by atoms with Crippen LogP contribution in [0.25, 0.3) is 0 Å². The number of aldehydes is 1. The van der Waals surface area contributed by atoms with Crippen LogP contribution in [-0.4, -0.2) is 16.5 Å². The van der Waals surface area contributed by atoms with Crippen LogP contribution in [0.1, 0.15) is 15.2 Å². The van der Waals surface area contributed by atoms with Gasteiger partial charge in [0.1, 0.15) is 4.99 Å². The van der Waals surface area contributed by atoms with Gasteiger partial charge in [0.2, 0.25) is 0 Å². The number of hydrogen-bond donors (Lipinski definition) is 2. The maximum Gasteiger partial charge on any atom is 0.160 e. The monoisotopic (exact) mass is 187 g/mol. The van der Waals surface area contributed by atoms with E-state index in [-0.39, 0.29) is 4.99 Å². The van der Waals surface area contributed by atoms with Crippen molar-refractivity contribution in [2.24, 2.45) is 0 Å². The molecule has 1 aromatic heterocycles. The molecule has 0 aromatic carbocycles. The summed E-state index contributed by atoms with van der Waals surface area (Å²) in [6, 6.07) is 1.68. The molecule has 0 unspecified atom stereocenters. The van der Waals surface area contributed by atoms with Gasteiger partial charge in [-0.15, -0.1) is 11.3 Å². The molecule has 0 atom stereocenters. The van der Waals surface area contributed by atoms with Gasteiger partial charge in [-0.05, 0) is 11.4 Å². The number of carbonyl (C=O) groups is 1. The Morgan fingerprint density at radius 2 is 2.55 bits per heavy atom. The Morgan fingerprint density at radius 1 is 1.82 bits per heavy atom.